The summed E-state index contributed by atoms with van der Waals surface area (Å²) in [6, 6.07) is 5.29. The average Bonchev–Trinajstić information content (AvgIpc) is 2.46. The number of halogens is 1. The minimum absolute atomic E-state index is 0.0542. The van der Waals surface area contributed by atoms with Crippen LogP contribution in [0.15, 0.2) is 23.4 Å². The Hall–Kier alpha value is -1.50. The molecule has 6 nitrogen and oxygen atoms in total. The second kappa shape index (κ2) is 6.51. The van der Waals surface area contributed by atoms with Crippen molar-refractivity contribution >= 4 is 23.1 Å². The van der Waals surface area contributed by atoms with Crippen LogP contribution in [0.1, 0.15) is 18.4 Å². The van der Waals surface area contributed by atoms with Crippen LogP contribution in [-0.4, -0.2) is 48.6 Å². The van der Waals surface area contributed by atoms with Crippen molar-refractivity contribution in [2.45, 2.75) is 18.4 Å². The van der Waals surface area contributed by atoms with Gasteiger partial charge in [-0.05, 0) is 12.1 Å². The summed E-state index contributed by atoms with van der Waals surface area (Å²) in [5, 5.41) is 22.9. The van der Waals surface area contributed by atoms with Gasteiger partial charge < -0.3 is 25.7 Å². The van der Waals surface area contributed by atoms with E-state index in [1.165, 1.54) is 0 Å². The first-order valence-corrected chi connectivity index (χ1v) is 7.12. The van der Waals surface area contributed by atoms with Gasteiger partial charge in [0, 0.05) is 45.3 Å². The second-order valence-electron chi connectivity index (χ2n) is 5.31. The number of rotatable bonds is 4. The predicted molar refractivity (Wildman–Crippen MR) is 82.2 cm³/mol. The Morgan fingerprint density at radius 3 is 2.76 bits per heavy atom. The molecule has 0 aliphatic carbocycles. The molecule has 7 heteroatoms. The molecule has 1 aromatic carbocycles. The van der Waals surface area contributed by atoms with Crippen molar-refractivity contribution in [3.63, 3.8) is 0 Å². The fraction of sp³-hybridized carbons (Fsp3) is 0.500. The lowest BCUT2D eigenvalue weighted by atomic mass is 9.93. The minimum Gasteiger partial charge on any atom is -0.409 e. The first-order chi connectivity index (χ1) is 9.97. The monoisotopic (exact) mass is 313 g/mol. The molecule has 2 rings (SSSR count). The van der Waals surface area contributed by atoms with Gasteiger partial charge in [-0.3, -0.25) is 0 Å². The van der Waals surface area contributed by atoms with Crippen LogP contribution in [0.4, 0.5) is 5.69 Å². The highest BCUT2D eigenvalue weighted by molar-refractivity contribution is 6.34. The van der Waals surface area contributed by atoms with Gasteiger partial charge in [0.1, 0.15) is 0 Å². The van der Waals surface area contributed by atoms with Crippen LogP contribution in [0, 0.1) is 0 Å². The van der Waals surface area contributed by atoms with Crippen molar-refractivity contribution in [2.24, 2.45) is 10.9 Å². The molecule has 1 aliphatic heterocycles. The molecular weight excluding hydrogens is 294 g/mol. The number of ether oxygens (including phenoxy) is 1. The van der Waals surface area contributed by atoms with E-state index in [4.69, 9.17) is 27.3 Å². The van der Waals surface area contributed by atoms with Gasteiger partial charge in [-0.15, -0.1) is 0 Å². The smallest absolute Gasteiger partial charge is 0.173 e. The number of anilines is 1. The summed E-state index contributed by atoms with van der Waals surface area (Å²) >= 11 is 6.14. The first kappa shape index (κ1) is 15.9. The fourth-order valence-electron chi connectivity index (χ4n) is 2.57. The number of benzene rings is 1. The first-order valence-electron chi connectivity index (χ1n) is 6.74. The normalized spacial score (nSPS) is 18.5. The lowest BCUT2D eigenvalue weighted by molar-refractivity contribution is -0.0572. The van der Waals surface area contributed by atoms with E-state index >= 15 is 0 Å². The zero-order valence-corrected chi connectivity index (χ0v) is 12.7. The third-order valence-electron chi connectivity index (χ3n) is 3.72. The summed E-state index contributed by atoms with van der Waals surface area (Å²) in [7, 11) is 1.84. The van der Waals surface area contributed by atoms with Gasteiger partial charge in [0.15, 0.2) is 5.84 Å². The van der Waals surface area contributed by atoms with Crippen LogP contribution in [0.25, 0.3) is 0 Å². The van der Waals surface area contributed by atoms with Crippen LogP contribution >= 0.6 is 11.6 Å². The zero-order valence-electron chi connectivity index (χ0n) is 11.9. The SMILES string of the molecule is CN(CC1(O)CCOCC1)c1cccc(Cl)c1/C(N)=N/O. The molecule has 1 aliphatic rings. The number of likely N-dealkylation sites (N-methyl/N-ethyl adjacent to an activating group) is 1. The van der Waals surface area contributed by atoms with E-state index in [-0.39, 0.29) is 5.84 Å². The number of aliphatic hydroxyl groups is 1. The molecule has 116 valence electrons. The molecule has 1 fully saturated rings. The Kier molecular flexibility index (Phi) is 4.92. The number of hydrogen-bond donors (Lipinski definition) is 3. The van der Waals surface area contributed by atoms with E-state index in [1.54, 1.807) is 12.1 Å². The molecule has 21 heavy (non-hydrogen) atoms. The molecule has 0 spiro atoms. The maximum absolute atomic E-state index is 10.6. The van der Waals surface area contributed by atoms with E-state index in [1.807, 2.05) is 18.0 Å². The van der Waals surface area contributed by atoms with Gasteiger partial charge in [0.25, 0.3) is 0 Å². The maximum atomic E-state index is 10.6. The third kappa shape index (κ3) is 3.58. The summed E-state index contributed by atoms with van der Waals surface area (Å²) in [5.41, 5.74) is 6.06. The Morgan fingerprint density at radius 1 is 1.48 bits per heavy atom. The topological polar surface area (TPSA) is 91.3 Å². The van der Waals surface area contributed by atoms with E-state index in [0.717, 1.165) is 0 Å². The zero-order chi connectivity index (χ0) is 15.5. The second-order valence-corrected chi connectivity index (χ2v) is 5.72. The quantitative estimate of drug-likeness (QED) is 0.338. The van der Waals surface area contributed by atoms with Gasteiger partial charge in [-0.2, -0.15) is 0 Å². The van der Waals surface area contributed by atoms with Gasteiger partial charge in [0.2, 0.25) is 0 Å². The molecule has 0 atom stereocenters. The average molecular weight is 314 g/mol. The van der Waals surface area contributed by atoms with Crippen molar-refractivity contribution < 1.29 is 15.1 Å². The van der Waals surface area contributed by atoms with Crippen molar-refractivity contribution in [1.82, 2.24) is 0 Å². The van der Waals surface area contributed by atoms with Crippen LogP contribution < -0.4 is 10.6 Å². The molecule has 1 aromatic rings. The van der Waals surface area contributed by atoms with Crippen molar-refractivity contribution in [2.75, 3.05) is 31.7 Å². The van der Waals surface area contributed by atoms with Crippen molar-refractivity contribution in [1.29, 1.82) is 0 Å². The Morgan fingerprint density at radius 2 is 2.14 bits per heavy atom. The summed E-state index contributed by atoms with van der Waals surface area (Å²) < 4.78 is 5.28. The summed E-state index contributed by atoms with van der Waals surface area (Å²) in [6.45, 7) is 1.52. The van der Waals surface area contributed by atoms with E-state index in [9.17, 15) is 5.11 Å². The van der Waals surface area contributed by atoms with Gasteiger partial charge in [0.05, 0.1) is 16.2 Å². The van der Waals surface area contributed by atoms with Crippen LogP contribution in [0.2, 0.25) is 5.02 Å². The maximum Gasteiger partial charge on any atom is 0.173 e. The molecular formula is C14H20ClN3O3. The summed E-state index contributed by atoms with van der Waals surface area (Å²) in [4.78, 5) is 1.87. The Labute approximate surface area is 128 Å². The fourth-order valence-corrected chi connectivity index (χ4v) is 2.84. The molecule has 1 saturated heterocycles. The lowest BCUT2D eigenvalue weighted by Gasteiger charge is -2.36. The molecule has 4 N–H and O–H groups in total. The number of nitrogens with zero attached hydrogens (tertiary/aromatic N) is 2. The van der Waals surface area contributed by atoms with Crippen molar-refractivity contribution in [3.05, 3.63) is 28.8 Å². The third-order valence-corrected chi connectivity index (χ3v) is 4.04. The van der Waals surface area contributed by atoms with Gasteiger partial charge in [-0.1, -0.05) is 22.8 Å². The van der Waals surface area contributed by atoms with E-state index in [2.05, 4.69) is 5.16 Å². The Balaban J connectivity index is 2.27. The number of amidine groups is 1. The summed E-state index contributed by atoms with van der Waals surface area (Å²) in [5.74, 6) is -0.0542. The highest BCUT2D eigenvalue weighted by atomic mass is 35.5. The standard InChI is InChI=1S/C14H20ClN3O3/c1-18(9-14(19)5-7-21-8-6-14)11-4-2-3-10(15)12(11)13(16)17-20/h2-4,19-20H,5-9H2,1H3,(H2,16,17). The van der Waals surface area contributed by atoms with Gasteiger partial charge >= 0.3 is 0 Å². The number of oxime groups is 1. The molecule has 0 bridgehead atoms. The minimum atomic E-state index is -0.808. The molecule has 1 heterocycles. The summed E-state index contributed by atoms with van der Waals surface area (Å²) in [6.07, 6.45) is 1.16. The predicted octanol–water partition coefficient (Wildman–Crippen LogP) is 1.41. The van der Waals surface area contributed by atoms with Crippen LogP contribution in [-0.2, 0) is 4.74 Å². The molecule has 0 radical (unpaired) electrons. The number of hydrogen-bond acceptors (Lipinski definition) is 5. The highest BCUT2D eigenvalue weighted by Crippen LogP contribution is 2.29. The Bertz CT molecular complexity index is 530. The lowest BCUT2D eigenvalue weighted by Crippen LogP contribution is -2.46. The van der Waals surface area contributed by atoms with Gasteiger partial charge in [-0.25, -0.2) is 0 Å². The van der Waals surface area contributed by atoms with E-state index in [0.29, 0.717) is 48.9 Å². The van der Waals surface area contributed by atoms with Crippen molar-refractivity contribution in [3.8, 4) is 0 Å². The van der Waals surface area contributed by atoms with Crippen LogP contribution in [0.5, 0.6) is 0 Å². The highest BCUT2D eigenvalue weighted by Gasteiger charge is 2.32. The molecule has 0 amide bonds. The van der Waals surface area contributed by atoms with E-state index < -0.39 is 5.60 Å². The number of nitrogens with two attached hydrogens (primary N) is 1. The molecule has 0 unspecified atom stereocenters. The molecule has 0 saturated carbocycles. The van der Waals surface area contributed by atoms with Crippen LogP contribution in [0.3, 0.4) is 0 Å². The molecule has 0 aromatic heterocycles. The largest absolute Gasteiger partial charge is 0.409 e.